The molecule has 1 aliphatic rings. The van der Waals surface area contributed by atoms with Crippen LogP contribution in [0.5, 0.6) is 0 Å². The average molecular weight is 449 g/mol. The van der Waals surface area contributed by atoms with E-state index in [9.17, 15) is 14.0 Å². The largest absolute Gasteiger partial charge is 0.463 e. The van der Waals surface area contributed by atoms with Gasteiger partial charge in [0.1, 0.15) is 11.9 Å². The van der Waals surface area contributed by atoms with Crippen LogP contribution in [0.25, 0.3) is 12.2 Å². The van der Waals surface area contributed by atoms with E-state index >= 15 is 0 Å². The predicted octanol–water partition coefficient (Wildman–Crippen LogP) is 3.60. The van der Waals surface area contributed by atoms with Crippen LogP contribution in [0.1, 0.15) is 31.0 Å². The van der Waals surface area contributed by atoms with Gasteiger partial charge in [-0.1, -0.05) is 72.0 Å². The zero-order valence-electron chi connectivity index (χ0n) is 17.6. The SMILES string of the molecule is CCOC(=O)C1=C(C)N=c2s/c(=C\C=C\c3ccccc3)c(=O)n2[C@H]1c1ccccc1F. The van der Waals surface area contributed by atoms with Crippen molar-refractivity contribution in [3.8, 4) is 0 Å². The number of hydrogen-bond acceptors (Lipinski definition) is 5. The molecule has 0 unspecified atom stereocenters. The number of thiazole rings is 1. The van der Waals surface area contributed by atoms with Gasteiger partial charge in [-0.2, -0.15) is 0 Å². The highest BCUT2D eigenvalue weighted by molar-refractivity contribution is 7.07. The molecule has 0 fully saturated rings. The lowest BCUT2D eigenvalue weighted by Gasteiger charge is -2.24. The summed E-state index contributed by atoms with van der Waals surface area (Å²) in [4.78, 5) is 31.0. The van der Waals surface area contributed by atoms with Gasteiger partial charge in [0.2, 0.25) is 0 Å². The van der Waals surface area contributed by atoms with Crippen molar-refractivity contribution < 1.29 is 13.9 Å². The maximum atomic E-state index is 14.8. The number of nitrogens with zero attached hydrogens (tertiary/aromatic N) is 2. The van der Waals surface area contributed by atoms with E-state index in [4.69, 9.17) is 4.74 Å². The summed E-state index contributed by atoms with van der Waals surface area (Å²) in [6, 6.07) is 14.9. The maximum Gasteiger partial charge on any atom is 0.338 e. The van der Waals surface area contributed by atoms with Gasteiger partial charge in [-0.3, -0.25) is 9.36 Å². The Kier molecular flexibility index (Phi) is 6.28. The van der Waals surface area contributed by atoms with Crippen molar-refractivity contribution in [2.75, 3.05) is 6.61 Å². The summed E-state index contributed by atoms with van der Waals surface area (Å²) in [5.41, 5.74) is 1.45. The average Bonchev–Trinajstić information content (AvgIpc) is 3.09. The third kappa shape index (κ3) is 4.11. The number of aromatic nitrogens is 1. The first-order valence-electron chi connectivity index (χ1n) is 10.2. The van der Waals surface area contributed by atoms with Crippen LogP contribution >= 0.6 is 11.3 Å². The molecule has 2 heterocycles. The lowest BCUT2D eigenvalue weighted by molar-refractivity contribution is -0.139. The molecule has 4 rings (SSSR count). The van der Waals surface area contributed by atoms with E-state index in [1.807, 2.05) is 36.4 Å². The van der Waals surface area contributed by atoms with Crippen LogP contribution in [-0.4, -0.2) is 17.1 Å². The number of esters is 1. The van der Waals surface area contributed by atoms with Gasteiger partial charge in [0.05, 0.1) is 22.4 Å². The molecule has 0 saturated heterocycles. The Bertz CT molecular complexity index is 1400. The fourth-order valence-corrected chi connectivity index (χ4v) is 4.61. The second kappa shape index (κ2) is 9.28. The molecule has 0 bridgehead atoms. The number of benzene rings is 2. The van der Waals surface area contributed by atoms with Gasteiger partial charge in [-0.15, -0.1) is 0 Å². The number of rotatable bonds is 5. The van der Waals surface area contributed by atoms with Crippen molar-refractivity contribution in [1.82, 2.24) is 4.57 Å². The summed E-state index contributed by atoms with van der Waals surface area (Å²) >= 11 is 1.20. The van der Waals surface area contributed by atoms with Crippen LogP contribution in [-0.2, 0) is 9.53 Å². The van der Waals surface area contributed by atoms with Crippen molar-refractivity contribution >= 4 is 29.5 Å². The monoisotopic (exact) mass is 448 g/mol. The normalized spacial score (nSPS) is 16.2. The van der Waals surface area contributed by atoms with Crippen molar-refractivity contribution in [3.05, 3.63) is 109 Å². The molecule has 32 heavy (non-hydrogen) atoms. The van der Waals surface area contributed by atoms with E-state index in [0.717, 1.165) is 5.56 Å². The molecule has 3 aromatic rings. The molecule has 1 aliphatic heterocycles. The second-order valence-corrected chi connectivity index (χ2v) is 8.13. The van der Waals surface area contributed by atoms with Gasteiger partial charge >= 0.3 is 5.97 Å². The molecule has 162 valence electrons. The van der Waals surface area contributed by atoms with E-state index in [0.29, 0.717) is 15.0 Å². The fourth-order valence-electron chi connectivity index (χ4n) is 3.61. The Balaban J connectivity index is 1.88. The minimum absolute atomic E-state index is 0.161. The molecule has 2 aromatic carbocycles. The van der Waals surface area contributed by atoms with Crippen molar-refractivity contribution in [2.45, 2.75) is 19.9 Å². The molecule has 1 atom stereocenters. The Morgan fingerprint density at radius 1 is 1.19 bits per heavy atom. The van der Waals surface area contributed by atoms with Crippen LogP contribution in [0.2, 0.25) is 0 Å². The fraction of sp³-hybridized carbons (Fsp3) is 0.160. The third-order valence-electron chi connectivity index (χ3n) is 5.05. The molecule has 7 heteroatoms. The number of fused-ring (bicyclic) bond motifs is 1. The molecule has 0 saturated carbocycles. The minimum atomic E-state index is -0.952. The zero-order valence-corrected chi connectivity index (χ0v) is 18.4. The molecule has 0 radical (unpaired) electrons. The highest BCUT2D eigenvalue weighted by Gasteiger charge is 2.34. The highest BCUT2D eigenvalue weighted by atomic mass is 32.1. The van der Waals surface area contributed by atoms with Crippen molar-refractivity contribution in [1.29, 1.82) is 0 Å². The first-order valence-corrected chi connectivity index (χ1v) is 11.0. The van der Waals surface area contributed by atoms with Crippen LogP contribution in [0.4, 0.5) is 4.39 Å². The number of carbonyl (C=O) groups excluding carboxylic acids is 1. The summed E-state index contributed by atoms with van der Waals surface area (Å²) in [6.45, 7) is 3.53. The molecule has 1 aromatic heterocycles. The van der Waals surface area contributed by atoms with E-state index in [1.165, 1.54) is 22.0 Å². The summed E-state index contributed by atoms with van der Waals surface area (Å²) in [6.07, 6.45) is 5.39. The van der Waals surface area contributed by atoms with Crippen molar-refractivity contribution in [2.24, 2.45) is 4.99 Å². The standard InChI is InChI=1S/C25H21FN2O3S/c1-3-31-24(30)21-16(2)27-25-28(22(21)18-13-7-8-14-19(18)26)23(29)20(32-25)15-9-12-17-10-5-4-6-11-17/h4-15,22H,3H2,1-2H3/b12-9+,20-15-/t22-/m0/s1. The maximum absolute atomic E-state index is 14.8. The van der Waals surface area contributed by atoms with E-state index < -0.39 is 17.8 Å². The number of hydrogen-bond donors (Lipinski definition) is 0. The Labute approximate surface area is 188 Å². The van der Waals surface area contributed by atoms with Gasteiger partial charge < -0.3 is 4.74 Å². The van der Waals surface area contributed by atoms with Crippen LogP contribution in [0.3, 0.4) is 0 Å². The number of halogens is 1. The van der Waals surface area contributed by atoms with Crippen LogP contribution in [0.15, 0.2) is 81.7 Å². The topological polar surface area (TPSA) is 60.7 Å². The molecule has 0 amide bonds. The number of carbonyl (C=O) groups is 1. The van der Waals surface area contributed by atoms with Gasteiger partial charge in [-0.05, 0) is 31.6 Å². The summed E-state index contributed by atoms with van der Waals surface area (Å²) in [5.74, 6) is -1.12. The lowest BCUT2D eigenvalue weighted by atomic mass is 9.95. The summed E-state index contributed by atoms with van der Waals surface area (Å²) in [7, 11) is 0. The van der Waals surface area contributed by atoms with Crippen LogP contribution in [0, 0.1) is 5.82 Å². The smallest absolute Gasteiger partial charge is 0.338 e. The van der Waals surface area contributed by atoms with Crippen molar-refractivity contribution in [3.63, 3.8) is 0 Å². The molecular weight excluding hydrogens is 427 g/mol. The molecular formula is C25H21FN2O3S. The Morgan fingerprint density at radius 2 is 1.91 bits per heavy atom. The van der Waals surface area contributed by atoms with Gasteiger partial charge in [0.15, 0.2) is 4.80 Å². The quantitative estimate of drug-likeness (QED) is 0.561. The molecule has 0 spiro atoms. The molecule has 0 aliphatic carbocycles. The Hall–Kier alpha value is -3.58. The van der Waals surface area contributed by atoms with E-state index in [1.54, 1.807) is 44.2 Å². The van der Waals surface area contributed by atoms with Gasteiger partial charge in [0.25, 0.3) is 5.56 Å². The Morgan fingerprint density at radius 3 is 2.62 bits per heavy atom. The highest BCUT2D eigenvalue weighted by Crippen LogP contribution is 2.31. The second-order valence-electron chi connectivity index (χ2n) is 7.12. The van der Waals surface area contributed by atoms with E-state index in [-0.39, 0.29) is 23.3 Å². The number of allylic oxidation sites excluding steroid dienone is 2. The molecule has 5 nitrogen and oxygen atoms in total. The first kappa shape index (κ1) is 21.6. The van der Waals surface area contributed by atoms with Gasteiger partial charge in [-0.25, -0.2) is 14.2 Å². The predicted molar refractivity (Wildman–Crippen MR) is 123 cm³/mol. The zero-order chi connectivity index (χ0) is 22.7. The first-order chi connectivity index (χ1) is 15.5. The summed E-state index contributed by atoms with van der Waals surface area (Å²) in [5, 5.41) is 0. The van der Waals surface area contributed by atoms with E-state index in [2.05, 4.69) is 4.99 Å². The van der Waals surface area contributed by atoms with Crippen LogP contribution < -0.4 is 14.9 Å². The lowest BCUT2D eigenvalue weighted by Crippen LogP contribution is -2.40. The number of ether oxygens (including phenoxy) is 1. The third-order valence-corrected chi connectivity index (χ3v) is 6.05. The minimum Gasteiger partial charge on any atom is -0.463 e. The molecule has 0 N–H and O–H groups in total. The van der Waals surface area contributed by atoms with Gasteiger partial charge in [0, 0.05) is 5.56 Å². The summed E-state index contributed by atoms with van der Waals surface area (Å²) < 4.78 is 21.8.